The largest absolute Gasteiger partial charge is 0.364 e. The standard InChI is InChI=1S/C15H15N3O3/c1-9-6-13(19)12(8-17-9)15(21)18-11-5-3-4-10(7-11)14(20)16-2/h3-8H,1-2H3,(H,16,20)(H,17,19)(H,18,21). The third-order valence-corrected chi connectivity index (χ3v) is 2.91. The minimum absolute atomic E-state index is 0.0194. The van der Waals surface area contributed by atoms with Crippen LogP contribution >= 0.6 is 0 Å². The molecular weight excluding hydrogens is 270 g/mol. The molecule has 1 aromatic heterocycles. The summed E-state index contributed by atoms with van der Waals surface area (Å²) in [7, 11) is 1.53. The molecular formula is C15H15N3O3. The van der Waals surface area contributed by atoms with Crippen LogP contribution in [0.15, 0.2) is 41.3 Å². The van der Waals surface area contributed by atoms with Gasteiger partial charge in [0.15, 0.2) is 5.43 Å². The molecule has 108 valence electrons. The van der Waals surface area contributed by atoms with Gasteiger partial charge < -0.3 is 15.6 Å². The molecule has 0 spiro atoms. The number of aryl methyl sites for hydroxylation is 1. The number of carbonyl (C=O) groups excluding carboxylic acids is 2. The van der Waals surface area contributed by atoms with E-state index in [1.54, 1.807) is 31.2 Å². The molecule has 0 bridgehead atoms. The minimum atomic E-state index is -0.523. The van der Waals surface area contributed by atoms with Crippen molar-refractivity contribution in [2.75, 3.05) is 12.4 Å². The first-order chi connectivity index (χ1) is 10.0. The molecule has 0 atom stereocenters. The Balaban J connectivity index is 2.23. The van der Waals surface area contributed by atoms with E-state index >= 15 is 0 Å². The Labute approximate surface area is 121 Å². The molecule has 1 aromatic carbocycles. The number of hydrogen-bond acceptors (Lipinski definition) is 3. The number of nitrogens with one attached hydrogen (secondary N) is 3. The summed E-state index contributed by atoms with van der Waals surface area (Å²) in [5, 5.41) is 5.10. The maximum absolute atomic E-state index is 12.1. The lowest BCUT2D eigenvalue weighted by Gasteiger charge is -2.07. The number of pyridine rings is 1. The van der Waals surface area contributed by atoms with Crippen molar-refractivity contribution in [2.24, 2.45) is 0 Å². The predicted molar refractivity (Wildman–Crippen MR) is 79.6 cm³/mol. The first-order valence-electron chi connectivity index (χ1n) is 6.34. The van der Waals surface area contributed by atoms with Crippen molar-refractivity contribution in [3.63, 3.8) is 0 Å². The summed E-state index contributed by atoms with van der Waals surface area (Å²) in [4.78, 5) is 38.2. The van der Waals surface area contributed by atoms with E-state index in [1.807, 2.05) is 0 Å². The third kappa shape index (κ3) is 3.36. The molecule has 1 heterocycles. The molecule has 0 fully saturated rings. The Morgan fingerprint density at radius 2 is 1.90 bits per heavy atom. The second-order valence-electron chi connectivity index (χ2n) is 4.51. The van der Waals surface area contributed by atoms with E-state index in [4.69, 9.17) is 0 Å². The normalized spacial score (nSPS) is 10.0. The maximum Gasteiger partial charge on any atom is 0.261 e. The lowest BCUT2D eigenvalue weighted by molar-refractivity contribution is 0.0961. The van der Waals surface area contributed by atoms with Gasteiger partial charge in [-0.25, -0.2) is 0 Å². The SMILES string of the molecule is CNC(=O)c1cccc(NC(=O)c2c[nH]c(C)cc2=O)c1. The Hall–Kier alpha value is -2.89. The fourth-order valence-electron chi connectivity index (χ4n) is 1.83. The van der Waals surface area contributed by atoms with E-state index in [9.17, 15) is 14.4 Å². The summed E-state index contributed by atoms with van der Waals surface area (Å²) in [6.07, 6.45) is 1.37. The topological polar surface area (TPSA) is 91.1 Å². The third-order valence-electron chi connectivity index (χ3n) is 2.91. The lowest BCUT2D eigenvalue weighted by atomic mass is 10.1. The summed E-state index contributed by atoms with van der Waals surface area (Å²) in [5.41, 5.74) is 1.21. The van der Waals surface area contributed by atoms with Crippen molar-refractivity contribution in [1.82, 2.24) is 10.3 Å². The van der Waals surface area contributed by atoms with E-state index in [0.717, 1.165) is 0 Å². The molecule has 2 aromatic rings. The molecule has 6 nitrogen and oxygen atoms in total. The first-order valence-corrected chi connectivity index (χ1v) is 6.34. The molecule has 0 saturated heterocycles. The number of aromatic amines is 1. The van der Waals surface area contributed by atoms with Gasteiger partial charge in [0.25, 0.3) is 11.8 Å². The molecule has 0 aliphatic rings. The second kappa shape index (κ2) is 6.04. The average Bonchev–Trinajstić information content (AvgIpc) is 2.46. The van der Waals surface area contributed by atoms with Gasteiger partial charge >= 0.3 is 0 Å². The summed E-state index contributed by atoms with van der Waals surface area (Å²) < 4.78 is 0. The number of amides is 2. The highest BCUT2D eigenvalue weighted by Crippen LogP contribution is 2.11. The summed E-state index contributed by atoms with van der Waals surface area (Å²) in [6, 6.07) is 7.83. The Morgan fingerprint density at radius 1 is 1.14 bits per heavy atom. The van der Waals surface area contributed by atoms with Gasteiger partial charge in [0.05, 0.1) is 0 Å². The number of benzene rings is 1. The van der Waals surface area contributed by atoms with Gasteiger partial charge in [-0.15, -0.1) is 0 Å². The number of aromatic nitrogens is 1. The smallest absolute Gasteiger partial charge is 0.261 e. The fraction of sp³-hybridized carbons (Fsp3) is 0.133. The van der Waals surface area contributed by atoms with E-state index in [-0.39, 0.29) is 16.9 Å². The van der Waals surface area contributed by atoms with Crippen LogP contribution in [0.2, 0.25) is 0 Å². The van der Waals surface area contributed by atoms with Crippen molar-refractivity contribution >= 4 is 17.5 Å². The van der Waals surface area contributed by atoms with Crippen LogP contribution < -0.4 is 16.1 Å². The zero-order valence-electron chi connectivity index (χ0n) is 11.7. The van der Waals surface area contributed by atoms with E-state index < -0.39 is 5.91 Å². The molecule has 0 radical (unpaired) electrons. The molecule has 0 aliphatic heterocycles. The minimum Gasteiger partial charge on any atom is -0.364 e. The molecule has 0 aliphatic carbocycles. The van der Waals surface area contributed by atoms with Gasteiger partial charge in [0.1, 0.15) is 5.56 Å². The van der Waals surface area contributed by atoms with Gasteiger partial charge in [0, 0.05) is 36.3 Å². The molecule has 3 N–H and O–H groups in total. The van der Waals surface area contributed by atoms with Gasteiger partial charge in [-0.05, 0) is 25.1 Å². The van der Waals surface area contributed by atoms with Crippen molar-refractivity contribution in [3.8, 4) is 0 Å². The summed E-state index contributed by atoms with van der Waals surface area (Å²) in [6.45, 7) is 1.73. The molecule has 0 unspecified atom stereocenters. The maximum atomic E-state index is 12.1. The van der Waals surface area contributed by atoms with Gasteiger partial charge in [0.2, 0.25) is 0 Å². The Kier molecular flexibility index (Phi) is 4.18. The van der Waals surface area contributed by atoms with Crippen molar-refractivity contribution in [1.29, 1.82) is 0 Å². The van der Waals surface area contributed by atoms with Crippen molar-refractivity contribution in [3.05, 3.63) is 63.6 Å². The number of hydrogen-bond donors (Lipinski definition) is 3. The zero-order chi connectivity index (χ0) is 15.4. The van der Waals surface area contributed by atoms with Crippen LogP contribution in [-0.4, -0.2) is 23.8 Å². The fourth-order valence-corrected chi connectivity index (χ4v) is 1.83. The van der Waals surface area contributed by atoms with Crippen molar-refractivity contribution < 1.29 is 9.59 Å². The molecule has 6 heteroatoms. The average molecular weight is 285 g/mol. The van der Waals surface area contributed by atoms with Crippen LogP contribution in [0.1, 0.15) is 26.4 Å². The molecule has 2 amide bonds. The zero-order valence-corrected chi connectivity index (χ0v) is 11.7. The lowest BCUT2D eigenvalue weighted by Crippen LogP contribution is -2.22. The molecule has 0 saturated carbocycles. The number of H-pyrrole nitrogens is 1. The van der Waals surface area contributed by atoms with E-state index in [0.29, 0.717) is 16.9 Å². The van der Waals surface area contributed by atoms with Gasteiger partial charge in [-0.2, -0.15) is 0 Å². The highest BCUT2D eigenvalue weighted by Gasteiger charge is 2.11. The second-order valence-corrected chi connectivity index (χ2v) is 4.51. The summed E-state index contributed by atoms with van der Waals surface area (Å²) >= 11 is 0. The number of carbonyl (C=O) groups is 2. The highest BCUT2D eigenvalue weighted by molar-refractivity contribution is 6.04. The summed E-state index contributed by atoms with van der Waals surface area (Å²) in [5.74, 6) is -0.774. The molecule has 21 heavy (non-hydrogen) atoms. The van der Waals surface area contributed by atoms with Crippen LogP contribution in [-0.2, 0) is 0 Å². The van der Waals surface area contributed by atoms with Crippen LogP contribution in [0.25, 0.3) is 0 Å². The van der Waals surface area contributed by atoms with Crippen molar-refractivity contribution in [2.45, 2.75) is 6.92 Å². The number of anilines is 1. The molecule has 2 rings (SSSR count). The van der Waals surface area contributed by atoms with Crippen LogP contribution in [0.5, 0.6) is 0 Å². The van der Waals surface area contributed by atoms with Crippen LogP contribution in [0, 0.1) is 6.92 Å². The van der Waals surface area contributed by atoms with Crippen LogP contribution in [0.3, 0.4) is 0 Å². The monoisotopic (exact) mass is 285 g/mol. The Bertz CT molecular complexity index is 750. The Morgan fingerprint density at radius 3 is 2.57 bits per heavy atom. The van der Waals surface area contributed by atoms with E-state index in [2.05, 4.69) is 15.6 Å². The van der Waals surface area contributed by atoms with Gasteiger partial charge in [-0.1, -0.05) is 6.07 Å². The highest BCUT2D eigenvalue weighted by atomic mass is 16.2. The van der Waals surface area contributed by atoms with Crippen LogP contribution in [0.4, 0.5) is 5.69 Å². The quantitative estimate of drug-likeness (QED) is 0.793. The van der Waals surface area contributed by atoms with Gasteiger partial charge in [-0.3, -0.25) is 14.4 Å². The predicted octanol–water partition coefficient (Wildman–Crippen LogP) is 1.30. The number of rotatable bonds is 3. The van der Waals surface area contributed by atoms with E-state index in [1.165, 1.54) is 19.3 Å². The first kappa shape index (κ1) is 14.5.